The van der Waals surface area contributed by atoms with Crippen LogP contribution in [0.5, 0.6) is 0 Å². The second kappa shape index (κ2) is 10.5. The molecule has 1 saturated heterocycles. The fourth-order valence-electron chi connectivity index (χ4n) is 6.01. The summed E-state index contributed by atoms with van der Waals surface area (Å²) in [6, 6.07) is 9.23. The lowest BCUT2D eigenvalue weighted by atomic mass is 9.57. The molecule has 1 aromatic carbocycles. The van der Waals surface area contributed by atoms with Crippen molar-refractivity contribution in [3.63, 3.8) is 0 Å². The van der Waals surface area contributed by atoms with Crippen LogP contribution in [0.4, 0.5) is 0 Å². The maximum atomic E-state index is 13.7. The van der Waals surface area contributed by atoms with Crippen LogP contribution in [0.1, 0.15) is 79.7 Å². The highest BCUT2D eigenvalue weighted by atomic mass is 16.7. The highest BCUT2D eigenvalue weighted by Gasteiger charge is 2.61. The number of fused-ring (bicyclic) bond motifs is 1. The first-order valence-corrected chi connectivity index (χ1v) is 13.9. The van der Waals surface area contributed by atoms with Crippen molar-refractivity contribution in [3.05, 3.63) is 35.9 Å². The minimum absolute atomic E-state index is 0.00164. The molecule has 1 aromatic rings. The quantitative estimate of drug-likeness (QED) is 0.492. The molecule has 36 heavy (non-hydrogen) atoms. The lowest BCUT2D eigenvalue weighted by Gasteiger charge is -2.53. The largest absolute Gasteiger partial charge is 0.481 e. The van der Waals surface area contributed by atoms with E-state index in [1.807, 2.05) is 30.3 Å². The highest BCUT2D eigenvalue weighted by Crippen LogP contribution is 2.54. The molecule has 2 saturated carbocycles. The number of carbonyl (C=O) groups excluding carboxylic acids is 2. The topological polar surface area (TPSA) is 76.7 Å². The average Bonchev–Trinajstić information content (AvgIpc) is 3.61. The summed E-state index contributed by atoms with van der Waals surface area (Å²) < 4.78 is 13.3. The Hall–Kier alpha value is -1.86. The van der Waals surface area contributed by atoms with Gasteiger partial charge in [0.25, 0.3) is 0 Å². The number of hydrogen-bond donors (Lipinski definition) is 2. The Balaban J connectivity index is 1.51. The van der Waals surface area contributed by atoms with Gasteiger partial charge in [0.2, 0.25) is 11.8 Å². The SMILES string of the molecule is CC(C)C[C@H](NC(=O)[C@H](Cc1ccccc1)NC(=O)C1CC1)B1O[C@@H]2C[C@H](C)C(C)(C)[C@H](C)[C@]2(C)O1. The normalized spacial score (nSPS) is 31.0. The summed E-state index contributed by atoms with van der Waals surface area (Å²) in [7, 11) is -0.508. The zero-order chi connectivity index (χ0) is 26.3. The summed E-state index contributed by atoms with van der Waals surface area (Å²) in [5.74, 6) is 0.720. The van der Waals surface area contributed by atoms with Gasteiger partial charge in [-0.2, -0.15) is 0 Å². The molecule has 3 aliphatic rings. The van der Waals surface area contributed by atoms with Crippen molar-refractivity contribution >= 4 is 18.9 Å². The molecular formula is C29H45BN2O4. The van der Waals surface area contributed by atoms with Crippen LogP contribution in [0.15, 0.2) is 30.3 Å². The molecule has 1 heterocycles. The summed E-state index contributed by atoms with van der Waals surface area (Å²) >= 11 is 0. The van der Waals surface area contributed by atoms with E-state index in [9.17, 15) is 9.59 Å². The lowest BCUT2D eigenvalue weighted by Crippen LogP contribution is -2.57. The van der Waals surface area contributed by atoms with Crippen molar-refractivity contribution in [1.29, 1.82) is 0 Å². The average molecular weight is 497 g/mol. The molecule has 2 amide bonds. The van der Waals surface area contributed by atoms with Gasteiger partial charge >= 0.3 is 7.12 Å². The van der Waals surface area contributed by atoms with Crippen LogP contribution < -0.4 is 10.6 Å². The molecule has 0 bridgehead atoms. The molecule has 6 nitrogen and oxygen atoms in total. The third kappa shape index (κ3) is 5.67. The van der Waals surface area contributed by atoms with Gasteiger partial charge in [-0.15, -0.1) is 0 Å². The molecule has 0 aromatic heterocycles. The summed E-state index contributed by atoms with van der Waals surface area (Å²) in [4.78, 5) is 26.3. The number of amides is 2. The molecule has 2 aliphatic carbocycles. The summed E-state index contributed by atoms with van der Waals surface area (Å²) in [6.07, 6.45) is 3.94. The van der Waals surface area contributed by atoms with Gasteiger partial charge in [-0.3, -0.25) is 9.59 Å². The van der Waals surface area contributed by atoms with Gasteiger partial charge in [-0.1, -0.05) is 71.9 Å². The maximum absolute atomic E-state index is 13.7. The third-order valence-electron chi connectivity index (χ3n) is 9.37. The Kier molecular flexibility index (Phi) is 7.92. The van der Waals surface area contributed by atoms with E-state index in [1.54, 1.807) is 0 Å². The van der Waals surface area contributed by atoms with Crippen molar-refractivity contribution < 1.29 is 18.9 Å². The highest BCUT2D eigenvalue weighted by molar-refractivity contribution is 6.47. The molecule has 1 aliphatic heterocycles. The van der Waals surface area contributed by atoms with Gasteiger partial charge in [0.15, 0.2) is 0 Å². The number of rotatable bonds is 9. The summed E-state index contributed by atoms with van der Waals surface area (Å²) in [6.45, 7) is 15.7. The Labute approximate surface area is 217 Å². The van der Waals surface area contributed by atoms with Crippen LogP contribution in [0.25, 0.3) is 0 Å². The Bertz CT molecular complexity index is 934. The predicted molar refractivity (Wildman–Crippen MR) is 143 cm³/mol. The third-order valence-corrected chi connectivity index (χ3v) is 9.37. The zero-order valence-electron chi connectivity index (χ0n) is 23.2. The van der Waals surface area contributed by atoms with Gasteiger partial charge in [0, 0.05) is 12.3 Å². The van der Waals surface area contributed by atoms with Crippen molar-refractivity contribution in [2.75, 3.05) is 0 Å². The number of benzene rings is 1. The van der Waals surface area contributed by atoms with Gasteiger partial charge < -0.3 is 19.9 Å². The van der Waals surface area contributed by atoms with E-state index in [-0.39, 0.29) is 35.2 Å². The number of nitrogens with one attached hydrogen (secondary N) is 2. The first kappa shape index (κ1) is 27.2. The molecule has 6 atom stereocenters. The minimum atomic E-state index is -0.632. The van der Waals surface area contributed by atoms with Crippen LogP contribution in [-0.2, 0) is 25.3 Å². The van der Waals surface area contributed by atoms with E-state index in [2.05, 4.69) is 59.1 Å². The first-order chi connectivity index (χ1) is 16.9. The van der Waals surface area contributed by atoms with Crippen LogP contribution >= 0.6 is 0 Å². The fraction of sp³-hybridized carbons (Fsp3) is 0.724. The minimum Gasteiger partial charge on any atom is -0.404 e. The molecule has 4 rings (SSSR count). The number of hydrogen-bond acceptors (Lipinski definition) is 4. The van der Waals surface area contributed by atoms with Crippen molar-refractivity contribution in [1.82, 2.24) is 10.6 Å². The van der Waals surface area contributed by atoms with E-state index in [4.69, 9.17) is 9.31 Å². The second-order valence-corrected chi connectivity index (χ2v) is 12.7. The molecule has 0 spiro atoms. The van der Waals surface area contributed by atoms with E-state index in [0.29, 0.717) is 24.2 Å². The fourth-order valence-corrected chi connectivity index (χ4v) is 6.01. The van der Waals surface area contributed by atoms with Crippen LogP contribution in [-0.4, -0.2) is 42.6 Å². The molecular weight excluding hydrogens is 451 g/mol. The van der Waals surface area contributed by atoms with E-state index in [1.165, 1.54) is 0 Å². The van der Waals surface area contributed by atoms with E-state index in [0.717, 1.165) is 31.2 Å². The number of carbonyl (C=O) groups is 2. The van der Waals surface area contributed by atoms with Crippen LogP contribution in [0.3, 0.4) is 0 Å². The first-order valence-electron chi connectivity index (χ1n) is 13.9. The molecule has 2 N–H and O–H groups in total. The molecule has 7 heteroatoms. The van der Waals surface area contributed by atoms with Gasteiger partial charge in [0.05, 0.1) is 17.6 Å². The zero-order valence-corrected chi connectivity index (χ0v) is 23.2. The van der Waals surface area contributed by atoms with Crippen molar-refractivity contribution in [3.8, 4) is 0 Å². The van der Waals surface area contributed by atoms with Crippen molar-refractivity contribution in [2.45, 2.75) is 104 Å². The van der Waals surface area contributed by atoms with E-state index >= 15 is 0 Å². The van der Waals surface area contributed by atoms with Crippen LogP contribution in [0, 0.1) is 29.1 Å². The van der Waals surface area contributed by atoms with Crippen LogP contribution in [0.2, 0.25) is 0 Å². The van der Waals surface area contributed by atoms with E-state index < -0.39 is 18.8 Å². The standard InChI is InChI=1S/C29H45BN2O4/c1-18(2)15-25(30-35-24-16-19(3)28(5,6)20(4)29(24,7)36-30)32-27(34)23(31-26(33)22-13-14-22)17-21-11-9-8-10-12-21/h8-12,18-20,22-25H,13-17H2,1-7H3,(H,31,33)(H,32,34)/t19-,20-,23-,24+,25-,29-/m0/s1. The summed E-state index contributed by atoms with van der Waals surface area (Å²) in [5, 5.41) is 6.27. The monoisotopic (exact) mass is 496 g/mol. The lowest BCUT2D eigenvalue weighted by molar-refractivity contribution is -0.129. The second-order valence-electron chi connectivity index (χ2n) is 12.7. The maximum Gasteiger partial charge on any atom is 0.481 e. The summed E-state index contributed by atoms with van der Waals surface area (Å²) in [5.41, 5.74) is 0.754. The van der Waals surface area contributed by atoms with Gasteiger partial charge in [-0.05, 0) is 61.3 Å². The van der Waals surface area contributed by atoms with Crippen molar-refractivity contribution in [2.24, 2.45) is 29.1 Å². The van der Waals surface area contributed by atoms with Gasteiger partial charge in [-0.25, -0.2) is 0 Å². The Morgan fingerprint density at radius 3 is 2.36 bits per heavy atom. The smallest absolute Gasteiger partial charge is 0.404 e. The Morgan fingerprint density at radius 2 is 1.75 bits per heavy atom. The van der Waals surface area contributed by atoms with Gasteiger partial charge in [0.1, 0.15) is 6.04 Å². The molecule has 0 radical (unpaired) electrons. The molecule has 3 fully saturated rings. The Morgan fingerprint density at radius 1 is 1.08 bits per heavy atom. The molecule has 198 valence electrons. The molecule has 0 unspecified atom stereocenters. The predicted octanol–water partition coefficient (Wildman–Crippen LogP) is 4.56.